The average Bonchev–Trinajstić information content (AvgIpc) is 2.68. The fraction of sp³-hybridized carbons (Fsp3) is 0.300. The van der Waals surface area contributed by atoms with Crippen molar-refractivity contribution in [1.29, 1.82) is 0 Å². The van der Waals surface area contributed by atoms with Crippen LogP contribution in [0.2, 0.25) is 0 Å². The maximum Gasteiger partial charge on any atom is 0.0391 e. The van der Waals surface area contributed by atoms with Gasteiger partial charge in [-0.15, -0.1) is 0 Å². The molecule has 1 N–H and O–H groups in total. The summed E-state index contributed by atoms with van der Waals surface area (Å²) in [6.07, 6.45) is 6.11. The van der Waals surface area contributed by atoms with Crippen LogP contribution in [0.1, 0.15) is 52.6 Å². The van der Waals surface area contributed by atoms with E-state index in [4.69, 9.17) is 4.11 Å². The Morgan fingerprint density at radius 1 is 0.952 bits per heavy atom. The molecule has 0 unspecified atom stereocenters. The van der Waals surface area contributed by atoms with Crippen molar-refractivity contribution in [3.8, 4) is 0 Å². The number of hydrogen-bond donors (Lipinski definition) is 1. The first-order valence-electron chi connectivity index (χ1n) is 8.65. The second kappa shape index (κ2) is 7.24. The smallest absolute Gasteiger partial charge is 0.0391 e. The third-order valence-corrected chi connectivity index (χ3v) is 3.98. The van der Waals surface area contributed by atoms with Gasteiger partial charge in [-0.1, -0.05) is 68.1 Å². The number of hydrogen-bond acceptors (Lipinski definition) is 1. The molecule has 1 heteroatoms. The van der Waals surface area contributed by atoms with Crippen LogP contribution in [-0.4, -0.2) is 13.5 Å². The third kappa shape index (κ3) is 3.25. The lowest BCUT2D eigenvalue weighted by atomic mass is 9.84. The topological polar surface area (TPSA) is 12.0 Å². The molecule has 2 aromatic rings. The Morgan fingerprint density at radius 2 is 1.52 bits per heavy atom. The summed E-state index contributed by atoms with van der Waals surface area (Å²) in [5.41, 5.74) is 5.14. The number of fused-ring (bicyclic) bond motifs is 2. The monoisotopic (exact) mass is 282 g/mol. The van der Waals surface area contributed by atoms with E-state index in [2.05, 4.69) is 66.0 Å². The zero-order chi connectivity index (χ0) is 16.3. The molecule has 110 valence electrons. The van der Waals surface area contributed by atoms with Gasteiger partial charge in [-0.3, -0.25) is 0 Å². The van der Waals surface area contributed by atoms with Crippen molar-refractivity contribution < 1.29 is 4.11 Å². The highest BCUT2D eigenvalue weighted by molar-refractivity contribution is 5.76. The van der Waals surface area contributed by atoms with Crippen molar-refractivity contribution in [3.63, 3.8) is 0 Å². The minimum Gasteiger partial charge on any atom is -0.320 e. The van der Waals surface area contributed by atoms with Crippen molar-refractivity contribution in [2.24, 2.45) is 0 Å². The van der Waals surface area contributed by atoms with Gasteiger partial charge in [0.25, 0.3) is 0 Å². The van der Waals surface area contributed by atoms with E-state index in [0.717, 1.165) is 12.8 Å². The van der Waals surface area contributed by atoms with E-state index in [0.29, 0.717) is 12.5 Å². The van der Waals surface area contributed by atoms with Gasteiger partial charge in [0, 0.05) is 10.0 Å². The fourth-order valence-electron chi connectivity index (χ4n) is 3.01. The molecule has 0 amide bonds. The molecule has 0 spiro atoms. The summed E-state index contributed by atoms with van der Waals surface area (Å²) in [4.78, 5) is 0. The molecule has 3 rings (SSSR count). The molecule has 0 radical (unpaired) electrons. The Kier molecular flexibility index (Phi) is 4.05. The molecular weight excluding hydrogens is 254 g/mol. The Bertz CT molecular complexity index is 655. The van der Waals surface area contributed by atoms with Crippen LogP contribution in [0.4, 0.5) is 0 Å². The molecule has 0 aliphatic heterocycles. The predicted molar refractivity (Wildman–Crippen MR) is 93.5 cm³/mol. The van der Waals surface area contributed by atoms with Gasteiger partial charge >= 0.3 is 0 Å². The minimum atomic E-state index is -2.05. The average molecular weight is 282 g/mol. The minimum absolute atomic E-state index is 0. The molecule has 21 heavy (non-hydrogen) atoms. The third-order valence-electron chi connectivity index (χ3n) is 3.98. The standard InChI is InChI=1S/C19H21N.CH4/c1-20-14-6-11-19-17-9-4-2-7-15(17)12-13-16-8-3-5-10-18(16)19;/h2-5,7-10,12-13,19-20H,6,11,14H2,1H3;1H4/i1D3;. The molecule has 1 aliphatic carbocycles. The lowest BCUT2D eigenvalue weighted by molar-refractivity contribution is 0.628. The van der Waals surface area contributed by atoms with Gasteiger partial charge in [0.1, 0.15) is 0 Å². The molecule has 0 aromatic heterocycles. The van der Waals surface area contributed by atoms with Crippen LogP contribution < -0.4 is 5.32 Å². The molecule has 0 atom stereocenters. The van der Waals surface area contributed by atoms with E-state index in [1.165, 1.54) is 22.3 Å². The molecule has 0 heterocycles. The molecule has 0 saturated heterocycles. The summed E-state index contributed by atoms with van der Waals surface area (Å²) in [6, 6.07) is 16.9. The molecular formula is C20H25N. The molecule has 1 nitrogen and oxygen atoms in total. The van der Waals surface area contributed by atoms with Crippen molar-refractivity contribution in [3.05, 3.63) is 70.8 Å². The number of benzene rings is 2. The van der Waals surface area contributed by atoms with Crippen LogP contribution in [-0.2, 0) is 0 Å². The van der Waals surface area contributed by atoms with Crippen molar-refractivity contribution in [1.82, 2.24) is 5.32 Å². The first-order chi connectivity index (χ1) is 11.0. The van der Waals surface area contributed by atoms with Crippen LogP contribution in [0.15, 0.2) is 48.5 Å². The summed E-state index contributed by atoms with van der Waals surface area (Å²) in [5.74, 6) is 0.302. The quantitative estimate of drug-likeness (QED) is 0.783. The van der Waals surface area contributed by atoms with Gasteiger partial charge in [-0.25, -0.2) is 0 Å². The predicted octanol–water partition coefficient (Wildman–Crippen LogP) is 4.94. The van der Waals surface area contributed by atoms with Crippen molar-refractivity contribution in [2.45, 2.75) is 26.2 Å². The highest BCUT2D eigenvalue weighted by Gasteiger charge is 2.20. The first kappa shape index (κ1) is 11.8. The number of rotatable bonds is 4. The Balaban J connectivity index is 0.00000208. The van der Waals surface area contributed by atoms with Gasteiger partial charge in [0.05, 0.1) is 0 Å². The Hall–Kier alpha value is -1.86. The summed E-state index contributed by atoms with van der Waals surface area (Å²) < 4.78 is 21.7. The Morgan fingerprint density at radius 3 is 2.10 bits per heavy atom. The van der Waals surface area contributed by atoms with E-state index in [1.807, 2.05) is 0 Å². The molecule has 2 aromatic carbocycles. The van der Waals surface area contributed by atoms with E-state index < -0.39 is 6.98 Å². The van der Waals surface area contributed by atoms with Crippen molar-refractivity contribution in [2.75, 3.05) is 13.5 Å². The molecule has 1 aliphatic rings. The number of nitrogens with one attached hydrogen (secondary N) is 1. The largest absolute Gasteiger partial charge is 0.320 e. The van der Waals surface area contributed by atoms with Gasteiger partial charge in [0.15, 0.2) is 0 Å². The summed E-state index contributed by atoms with van der Waals surface area (Å²) >= 11 is 0. The summed E-state index contributed by atoms with van der Waals surface area (Å²) in [7, 11) is 0. The van der Waals surface area contributed by atoms with Crippen LogP contribution in [0.3, 0.4) is 0 Å². The molecule has 0 bridgehead atoms. The fourth-order valence-corrected chi connectivity index (χ4v) is 3.01. The maximum atomic E-state index is 7.24. The van der Waals surface area contributed by atoms with E-state index >= 15 is 0 Å². The van der Waals surface area contributed by atoms with Crippen molar-refractivity contribution >= 4 is 12.2 Å². The summed E-state index contributed by atoms with van der Waals surface area (Å²) in [6.45, 7) is -1.55. The van der Waals surface area contributed by atoms with Gasteiger partial charge in [-0.05, 0) is 48.6 Å². The first-order valence-corrected chi connectivity index (χ1v) is 7.15. The SMILES string of the molecule is C.[2H]C([2H])([2H])NCCCC1c2ccccc2C=Cc2ccccc21. The lowest BCUT2D eigenvalue weighted by Crippen LogP contribution is -2.11. The second-order valence-corrected chi connectivity index (χ2v) is 5.21. The van der Waals surface area contributed by atoms with E-state index in [1.54, 1.807) is 0 Å². The highest BCUT2D eigenvalue weighted by atomic mass is 14.8. The molecule has 0 fully saturated rings. The zero-order valence-electron chi connectivity index (χ0n) is 14.5. The van der Waals surface area contributed by atoms with E-state index in [-0.39, 0.29) is 7.43 Å². The zero-order valence-corrected chi connectivity index (χ0v) is 11.5. The van der Waals surface area contributed by atoms with Gasteiger partial charge in [-0.2, -0.15) is 0 Å². The van der Waals surface area contributed by atoms with Crippen LogP contribution in [0.5, 0.6) is 0 Å². The molecule has 0 saturated carbocycles. The normalized spacial score (nSPS) is 15.7. The van der Waals surface area contributed by atoms with Gasteiger partial charge < -0.3 is 5.32 Å². The van der Waals surface area contributed by atoms with Gasteiger partial charge in [0.2, 0.25) is 0 Å². The summed E-state index contributed by atoms with van der Waals surface area (Å²) in [5, 5.41) is 2.61. The highest BCUT2D eigenvalue weighted by Crippen LogP contribution is 2.37. The Labute approximate surface area is 132 Å². The second-order valence-electron chi connectivity index (χ2n) is 5.21. The maximum absolute atomic E-state index is 7.24. The van der Waals surface area contributed by atoms with Crippen LogP contribution >= 0.6 is 0 Å². The van der Waals surface area contributed by atoms with E-state index in [9.17, 15) is 0 Å². The van der Waals surface area contributed by atoms with Crippen LogP contribution in [0.25, 0.3) is 12.2 Å². The lowest BCUT2D eigenvalue weighted by Gasteiger charge is -2.20. The van der Waals surface area contributed by atoms with Crippen LogP contribution in [0, 0.1) is 0 Å².